The van der Waals surface area contributed by atoms with Crippen molar-refractivity contribution in [2.75, 3.05) is 0 Å². The fraction of sp³-hybridized carbons (Fsp3) is 0.100. The lowest BCUT2D eigenvalue weighted by Crippen LogP contribution is -1.93. The Morgan fingerprint density at radius 2 is 2.20 bits per heavy atom. The highest BCUT2D eigenvalue weighted by Crippen LogP contribution is 2.15. The van der Waals surface area contributed by atoms with Gasteiger partial charge < -0.3 is 4.98 Å². The van der Waals surface area contributed by atoms with Crippen molar-refractivity contribution < 1.29 is 0 Å². The van der Waals surface area contributed by atoms with Crippen molar-refractivity contribution in [3.05, 3.63) is 39.2 Å². The molecule has 1 N–H and O–H groups in total. The number of hydrogen-bond donors (Lipinski definition) is 1. The van der Waals surface area contributed by atoms with Gasteiger partial charge >= 0.3 is 0 Å². The molecule has 3 nitrogen and oxygen atoms in total. The summed E-state index contributed by atoms with van der Waals surface area (Å²) in [6, 6.07) is 5.78. The van der Waals surface area contributed by atoms with Crippen molar-refractivity contribution >= 4 is 28.1 Å². The van der Waals surface area contributed by atoms with E-state index in [-0.39, 0.29) is 0 Å². The Labute approximate surface area is 101 Å². The Morgan fingerprint density at radius 1 is 1.40 bits per heavy atom. The number of halogens is 1. The second-order valence-corrected chi connectivity index (χ2v) is 4.34. The number of rotatable bonds is 1. The maximum atomic E-state index is 5.10. The molecule has 0 spiro atoms. The molecule has 0 aliphatic heterocycles. The lowest BCUT2D eigenvalue weighted by atomic mass is 10.3. The van der Waals surface area contributed by atoms with Crippen LogP contribution in [0.4, 0.5) is 0 Å². The minimum Gasteiger partial charge on any atom is -0.329 e. The summed E-state index contributed by atoms with van der Waals surface area (Å²) >= 11 is 8.40. The van der Waals surface area contributed by atoms with Gasteiger partial charge in [-0.15, -0.1) is 0 Å². The quantitative estimate of drug-likeness (QED) is 0.816. The fourth-order valence-electron chi connectivity index (χ4n) is 1.18. The Morgan fingerprint density at radius 3 is 2.87 bits per heavy atom. The topological polar surface area (TPSA) is 41.6 Å². The number of aromatic amines is 1. The average Bonchev–Trinajstić information content (AvgIpc) is 2.22. The lowest BCUT2D eigenvalue weighted by molar-refractivity contribution is 1.09. The van der Waals surface area contributed by atoms with Gasteiger partial charge in [0.05, 0.1) is 4.47 Å². The van der Waals surface area contributed by atoms with Crippen LogP contribution in [0.25, 0.3) is 11.5 Å². The highest BCUT2D eigenvalue weighted by atomic mass is 79.9. The number of H-pyrrole nitrogens is 1. The largest absolute Gasteiger partial charge is 0.329 e. The predicted molar refractivity (Wildman–Crippen MR) is 65.1 cm³/mol. The monoisotopic (exact) mass is 281 g/mol. The molecule has 2 aromatic heterocycles. The SMILES string of the molecule is Cc1cccc(-c2ncc(Br)c(=S)[nH]2)n1. The zero-order chi connectivity index (χ0) is 10.8. The molecule has 2 aromatic rings. The molecule has 0 aromatic carbocycles. The molecule has 0 atom stereocenters. The number of nitrogens with zero attached hydrogens (tertiary/aromatic N) is 2. The summed E-state index contributed by atoms with van der Waals surface area (Å²) in [6.07, 6.45) is 1.68. The van der Waals surface area contributed by atoms with Gasteiger partial charge in [-0.2, -0.15) is 0 Å². The van der Waals surface area contributed by atoms with Crippen LogP contribution in [0.5, 0.6) is 0 Å². The summed E-state index contributed by atoms with van der Waals surface area (Å²) in [5.41, 5.74) is 1.75. The molecular formula is C10H8BrN3S. The summed E-state index contributed by atoms with van der Waals surface area (Å²) in [5.74, 6) is 0.687. The van der Waals surface area contributed by atoms with E-state index in [1.54, 1.807) is 6.20 Å². The van der Waals surface area contributed by atoms with Crippen LogP contribution in [0.2, 0.25) is 0 Å². The van der Waals surface area contributed by atoms with Gasteiger partial charge in [-0.1, -0.05) is 18.3 Å². The Hall–Kier alpha value is -1.07. The highest BCUT2D eigenvalue weighted by Gasteiger charge is 2.02. The maximum Gasteiger partial charge on any atom is 0.157 e. The number of aromatic nitrogens is 3. The zero-order valence-corrected chi connectivity index (χ0v) is 10.4. The summed E-state index contributed by atoms with van der Waals surface area (Å²) in [5, 5.41) is 0. The molecule has 0 saturated heterocycles. The van der Waals surface area contributed by atoms with Gasteiger partial charge in [0, 0.05) is 11.9 Å². The summed E-state index contributed by atoms with van der Waals surface area (Å²) in [6.45, 7) is 1.94. The maximum absolute atomic E-state index is 5.10. The van der Waals surface area contributed by atoms with Crippen LogP contribution in [0.1, 0.15) is 5.69 Å². The number of hydrogen-bond acceptors (Lipinski definition) is 3. The van der Waals surface area contributed by atoms with E-state index in [9.17, 15) is 0 Å². The van der Waals surface area contributed by atoms with E-state index in [4.69, 9.17) is 12.2 Å². The lowest BCUT2D eigenvalue weighted by Gasteiger charge is -2.01. The molecular weight excluding hydrogens is 274 g/mol. The molecule has 0 amide bonds. The van der Waals surface area contributed by atoms with E-state index in [0.717, 1.165) is 15.9 Å². The summed E-state index contributed by atoms with van der Waals surface area (Å²) < 4.78 is 1.41. The molecule has 15 heavy (non-hydrogen) atoms. The number of aryl methyl sites for hydroxylation is 1. The van der Waals surface area contributed by atoms with Crippen LogP contribution in [0, 0.1) is 11.6 Å². The van der Waals surface area contributed by atoms with Crippen molar-refractivity contribution in [1.29, 1.82) is 0 Å². The van der Waals surface area contributed by atoms with E-state index in [0.29, 0.717) is 10.5 Å². The average molecular weight is 282 g/mol. The zero-order valence-electron chi connectivity index (χ0n) is 7.99. The highest BCUT2D eigenvalue weighted by molar-refractivity contribution is 9.10. The van der Waals surface area contributed by atoms with Gasteiger partial charge in [0.15, 0.2) is 5.82 Å². The van der Waals surface area contributed by atoms with Crippen LogP contribution in [0.3, 0.4) is 0 Å². The third-order valence-electron chi connectivity index (χ3n) is 1.89. The molecule has 0 aliphatic carbocycles. The Bertz CT molecular complexity index is 550. The molecule has 76 valence electrons. The molecule has 0 saturated carbocycles. The van der Waals surface area contributed by atoms with E-state index in [2.05, 4.69) is 30.9 Å². The predicted octanol–water partition coefficient (Wildman–Crippen LogP) is 3.27. The number of nitrogens with one attached hydrogen (secondary N) is 1. The fourth-order valence-corrected chi connectivity index (χ4v) is 1.54. The molecule has 5 heteroatoms. The van der Waals surface area contributed by atoms with Gasteiger partial charge in [-0.25, -0.2) is 9.97 Å². The van der Waals surface area contributed by atoms with E-state index in [1.807, 2.05) is 25.1 Å². The molecule has 0 bridgehead atoms. The molecule has 0 aliphatic rings. The Balaban J connectivity index is 2.55. The van der Waals surface area contributed by atoms with Gasteiger partial charge in [0.2, 0.25) is 0 Å². The normalized spacial score (nSPS) is 10.3. The van der Waals surface area contributed by atoms with Crippen LogP contribution >= 0.6 is 28.1 Å². The van der Waals surface area contributed by atoms with Gasteiger partial charge in [0.25, 0.3) is 0 Å². The summed E-state index contributed by atoms with van der Waals surface area (Å²) in [4.78, 5) is 11.6. The molecule has 0 radical (unpaired) electrons. The first-order valence-electron chi connectivity index (χ1n) is 4.35. The minimum absolute atomic E-state index is 0.628. The summed E-state index contributed by atoms with van der Waals surface area (Å²) in [7, 11) is 0. The standard InChI is InChI=1S/C10H8BrN3S/c1-6-3-2-4-8(13-6)9-12-5-7(11)10(15)14-9/h2-5H,1H3,(H,12,14,15). The second-order valence-electron chi connectivity index (χ2n) is 3.07. The van der Waals surface area contributed by atoms with Crippen molar-refractivity contribution in [3.8, 4) is 11.5 Å². The first-order valence-corrected chi connectivity index (χ1v) is 5.56. The minimum atomic E-state index is 0.628. The van der Waals surface area contributed by atoms with Crippen molar-refractivity contribution in [2.45, 2.75) is 6.92 Å². The molecule has 0 unspecified atom stereocenters. The molecule has 0 fully saturated rings. The number of pyridine rings is 1. The second kappa shape index (κ2) is 4.20. The third-order valence-corrected chi connectivity index (χ3v) is 3.07. The first kappa shape index (κ1) is 10.4. The van der Waals surface area contributed by atoms with E-state index >= 15 is 0 Å². The smallest absolute Gasteiger partial charge is 0.157 e. The van der Waals surface area contributed by atoms with Crippen LogP contribution in [-0.2, 0) is 0 Å². The van der Waals surface area contributed by atoms with Crippen molar-refractivity contribution in [1.82, 2.24) is 15.0 Å². The van der Waals surface area contributed by atoms with Crippen molar-refractivity contribution in [2.24, 2.45) is 0 Å². The third kappa shape index (κ3) is 2.30. The van der Waals surface area contributed by atoms with Gasteiger partial charge in [0.1, 0.15) is 10.3 Å². The van der Waals surface area contributed by atoms with Crippen LogP contribution < -0.4 is 0 Å². The molecule has 2 rings (SSSR count). The molecule has 2 heterocycles. The van der Waals surface area contributed by atoms with Crippen LogP contribution in [-0.4, -0.2) is 15.0 Å². The Kier molecular flexibility index (Phi) is 2.93. The van der Waals surface area contributed by atoms with E-state index < -0.39 is 0 Å². The van der Waals surface area contributed by atoms with Gasteiger partial charge in [-0.05, 0) is 35.0 Å². The van der Waals surface area contributed by atoms with Crippen LogP contribution in [0.15, 0.2) is 28.9 Å². The van der Waals surface area contributed by atoms with Gasteiger partial charge in [-0.3, -0.25) is 0 Å². The van der Waals surface area contributed by atoms with Crippen molar-refractivity contribution in [3.63, 3.8) is 0 Å². The van der Waals surface area contributed by atoms with E-state index in [1.165, 1.54) is 0 Å². The first-order chi connectivity index (χ1) is 7.16.